The average Bonchev–Trinajstić information content (AvgIpc) is 3.64. The average molecular weight is 503 g/mol. The molecule has 1 aromatic carbocycles. The molecule has 6 rings (SSSR count). The lowest BCUT2D eigenvalue weighted by Gasteiger charge is -2.12. The predicted octanol–water partition coefficient (Wildman–Crippen LogP) is 3.69. The molecule has 3 N–H and O–H groups in total. The third kappa shape index (κ3) is 4.18. The molecule has 182 valence electrons. The summed E-state index contributed by atoms with van der Waals surface area (Å²) in [6.07, 6.45) is 5.62. The number of rotatable bonds is 8. The van der Waals surface area contributed by atoms with Crippen LogP contribution in [0, 0.1) is 5.82 Å². The monoisotopic (exact) mass is 502 g/mol. The fourth-order valence-corrected chi connectivity index (χ4v) is 5.43. The number of nitrogens with zero attached hydrogens (tertiary/aromatic N) is 3. The minimum atomic E-state index is -0.631. The highest BCUT2D eigenvalue weighted by Gasteiger charge is 2.24. The molecule has 0 unspecified atom stereocenters. The van der Waals surface area contributed by atoms with Crippen molar-refractivity contribution in [2.45, 2.75) is 25.4 Å². The zero-order chi connectivity index (χ0) is 24.6. The van der Waals surface area contributed by atoms with Crippen molar-refractivity contribution in [3.8, 4) is 0 Å². The van der Waals surface area contributed by atoms with Crippen LogP contribution in [0.4, 0.5) is 10.2 Å². The van der Waals surface area contributed by atoms with Crippen molar-refractivity contribution in [2.24, 2.45) is 0 Å². The molecule has 1 aliphatic rings. The van der Waals surface area contributed by atoms with Gasteiger partial charge in [-0.05, 0) is 48.7 Å². The minimum absolute atomic E-state index is 0.0201. The first kappa shape index (κ1) is 22.6. The highest BCUT2D eigenvalue weighted by molar-refractivity contribution is 7.24. The highest BCUT2D eigenvalue weighted by atomic mass is 32.1. The number of para-hydroxylation sites is 1. The summed E-state index contributed by atoms with van der Waals surface area (Å²) in [7, 11) is 0. The van der Waals surface area contributed by atoms with Gasteiger partial charge in [-0.2, -0.15) is 0 Å². The van der Waals surface area contributed by atoms with Crippen LogP contribution in [-0.2, 0) is 6.54 Å². The molecule has 1 saturated carbocycles. The molecule has 1 fully saturated rings. The van der Waals surface area contributed by atoms with Gasteiger partial charge in [0.05, 0.1) is 15.6 Å². The van der Waals surface area contributed by atoms with Crippen LogP contribution in [0.15, 0.2) is 59.7 Å². The lowest BCUT2D eigenvalue weighted by Crippen LogP contribution is -2.29. The predicted molar refractivity (Wildman–Crippen MR) is 139 cm³/mol. The Morgan fingerprint density at radius 1 is 1.14 bits per heavy atom. The van der Waals surface area contributed by atoms with Gasteiger partial charge in [0.2, 0.25) is 5.43 Å². The van der Waals surface area contributed by atoms with Crippen LogP contribution in [-0.4, -0.2) is 39.4 Å². The number of thiazole rings is 1. The molecule has 1 aliphatic carbocycles. The molecule has 4 heterocycles. The maximum atomic E-state index is 15.0. The number of carbonyl (C=O) groups excluding carboxylic acids is 1. The van der Waals surface area contributed by atoms with E-state index in [-0.39, 0.29) is 23.3 Å². The third-order valence-electron chi connectivity index (χ3n) is 6.23. The van der Waals surface area contributed by atoms with Gasteiger partial charge >= 0.3 is 0 Å². The molecule has 0 aliphatic heterocycles. The minimum Gasteiger partial charge on any atom is -0.366 e. The van der Waals surface area contributed by atoms with Crippen LogP contribution in [0.25, 0.3) is 26.1 Å². The maximum Gasteiger partial charge on any atom is 0.258 e. The van der Waals surface area contributed by atoms with Crippen molar-refractivity contribution < 1.29 is 9.18 Å². The quantitative estimate of drug-likeness (QED) is 0.280. The van der Waals surface area contributed by atoms with Crippen LogP contribution in [0.5, 0.6) is 0 Å². The van der Waals surface area contributed by atoms with Gasteiger partial charge in [0, 0.05) is 38.1 Å². The topological polar surface area (TPSA) is 100 Å². The largest absolute Gasteiger partial charge is 0.366 e. The molecule has 0 bridgehead atoms. The van der Waals surface area contributed by atoms with E-state index in [4.69, 9.17) is 0 Å². The lowest BCUT2D eigenvalue weighted by molar-refractivity contribution is 0.0951. The van der Waals surface area contributed by atoms with Gasteiger partial charge in [-0.1, -0.05) is 12.1 Å². The second-order valence-electron chi connectivity index (χ2n) is 8.80. The summed E-state index contributed by atoms with van der Waals surface area (Å²) in [6, 6.07) is 12.9. The van der Waals surface area contributed by atoms with E-state index in [9.17, 15) is 9.59 Å². The lowest BCUT2D eigenvalue weighted by atomic mass is 10.1. The Hall–Kier alpha value is -3.89. The summed E-state index contributed by atoms with van der Waals surface area (Å²) in [5.41, 5.74) is 1.40. The van der Waals surface area contributed by atoms with Crippen LogP contribution < -0.4 is 21.4 Å². The molecular weight excluding hydrogens is 479 g/mol. The Morgan fingerprint density at radius 3 is 2.75 bits per heavy atom. The van der Waals surface area contributed by atoms with Crippen molar-refractivity contribution in [1.29, 1.82) is 0 Å². The molecule has 5 aromatic rings. The van der Waals surface area contributed by atoms with E-state index in [1.54, 1.807) is 28.9 Å². The fourth-order valence-electron chi connectivity index (χ4n) is 4.25. The summed E-state index contributed by atoms with van der Waals surface area (Å²) in [4.78, 5) is 35.8. The fraction of sp³-hybridized carbons (Fsp3) is 0.231. The van der Waals surface area contributed by atoms with Crippen molar-refractivity contribution in [3.05, 3.63) is 82.0 Å². The summed E-state index contributed by atoms with van der Waals surface area (Å²) in [5.74, 6) is -1.07. The number of benzene rings is 1. The highest BCUT2D eigenvalue weighted by Crippen LogP contribution is 2.31. The zero-order valence-corrected chi connectivity index (χ0v) is 20.1. The third-order valence-corrected chi connectivity index (χ3v) is 7.37. The SMILES string of the molecule is O=C(NCc1ccncc1)c1c(=O)c2cc(F)c(NCCNC3CC3)nc2n2c1sc1ccccc12. The molecule has 8 nitrogen and oxygen atoms in total. The van der Waals surface area contributed by atoms with Gasteiger partial charge < -0.3 is 16.0 Å². The number of nitrogens with one attached hydrogen (secondary N) is 3. The first-order valence-electron chi connectivity index (χ1n) is 11.8. The number of aromatic nitrogens is 3. The normalized spacial score (nSPS) is 13.5. The van der Waals surface area contributed by atoms with Gasteiger partial charge in [0.1, 0.15) is 10.4 Å². The smallest absolute Gasteiger partial charge is 0.258 e. The molecule has 0 spiro atoms. The molecule has 10 heteroatoms. The number of anilines is 1. The Balaban J connectivity index is 1.46. The second kappa shape index (κ2) is 9.29. The van der Waals surface area contributed by atoms with Crippen LogP contribution >= 0.6 is 11.3 Å². The van der Waals surface area contributed by atoms with Crippen molar-refractivity contribution in [1.82, 2.24) is 25.0 Å². The number of fused-ring (bicyclic) bond motifs is 5. The summed E-state index contributed by atoms with van der Waals surface area (Å²) < 4.78 is 17.7. The second-order valence-corrected chi connectivity index (χ2v) is 9.83. The molecular formula is C26H23FN6O2S. The first-order chi connectivity index (χ1) is 17.6. The Morgan fingerprint density at radius 2 is 1.94 bits per heavy atom. The van der Waals surface area contributed by atoms with E-state index in [1.165, 1.54) is 30.2 Å². The van der Waals surface area contributed by atoms with Gasteiger partial charge in [0.15, 0.2) is 17.3 Å². The van der Waals surface area contributed by atoms with Crippen LogP contribution in [0.1, 0.15) is 28.8 Å². The molecule has 0 radical (unpaired) electrons. The van der Waals surface area contributed by atoms with Crippen LogP contribution in [0.3, 0.4) is 0 Å². The van der Waals surface area contributed by atoms with Gasteiger partial charge in [-0.25, -0.2) is 9.37 Å². The Bertz CT molecular complexity index is 1660. The van der Waals surface area contributed by atoms with E-state index < -0.39 is 17.2 Å². The van der Waals surface area contributed by atoms with E-state index in [1.807, 2.05) is 24.3 Å². The number of hydrogen-bond acceptors (Lipinski definition) is 7. The van der Waals surface area contributed by atoms with E-state index in [2.05, 4.69) is 25.9 Å². The molecule has 4 aromatic heterocycles. The van der Waals surface area contributed by atoms with Gasteiger partial charge in [0.25, 0.3) is 5.91 Å². The van der Waals surface area contributed by atoms with E-state index in [0.29, 0.717) is 29.6 Å². The summed E-state index contributed by atoms with van der Waals surface area (Å²) in [5, 5.41) is 9.30. The number of carbonyl (C=O) groups is 1. The Kier molecular flexibility index (Phi) is 5.82. The Labute approximate surface area is 209 Å². The standard InChI is InChI=1S/C26H23FN6O2S/c27-18-13-17-22(34)21(25(35)31-14-15-7-9-28-10-8-15)26-33(19-3-1-2-4-20(19)36-26)24(17)32-23(18)30-12-11-29-16-5-6-16/h1-4,7-10,13,16,29H,5-6,11-12,14H2,(H,30,32)(H,31,35). The van der Waals surface area contributed by atoms with Crippen molar-refractivity contribution >= 4 is 49.1 Å². The van der Waals surface area contributed by atoms with E-state index >= 15 is 4.39 Å². The van der Waals surface area contributed by atoms with Crippen LogP contribution in [0.2, 0.25) is 0 Å². The number of halogens is 1. The maximum absolute atomic E-state index is 15.0. The van der Waals surface area contributed by atoms with E-state index in [0.717, 1.165) is 15.8 Å². The zero-order valence-electron chi connectivity index (χ0n) is 19.3. The van der Waals surface area contributed by atoms with Crippen molar-refractivity contribution in [2.75, 3.05) is 18.4 Å². The molecule has 1 amide bonds. The first-order valence-corrected chi connectivity index (χ1v) is 12.6. The van der Waals surface area contributed by atoms with Crippen molar-refractivity contribution in [3.63, 3.8) is 0 Å². The summed E-state index contributed by atoms with van der Waals surface area (Å²) >= 11 is 1.34. The summed E-state index contributed by atoms with van der Waals surface area (Å²) in [6.45, 7) is 1.43. The number of pyridine rings is 3. The molecule has 0 saturated heterocycles. The number of amides is 1. The van der Waals surface area contributed by atoms with Gasteiger partial charge in [-0.3, -0.25) is 19.0 Å². The number of hydrogen-bond donors (Lipinski definition) is 3. The molecule has 36 heavy (non-hydrogen) atoms. The molecule has 0 atom stereocenters. The van der Waals surface area contributed by atoms with Gasteiger partial charge in [-0.15, -0.1) is 11.3 Å².